The minimum absolute atomic E-state index is 0.0551. The van der Waals surface area contributed by atoms with E-state index in [1.807, 2.05) is 0 Å². The van der Waals surface area contributed by atoms with E-state index >= 15 is 0 Å². The third kappa shape index (κ3) is 5.18. The smallest absolute Gasteiger partial charge is 0.492 e. The van der Waals surface area contributed by atoms with Gasteiger partial charge in [0.25, 0.3) is 0 Å². The summed E-state index contributed by atoms with van der Waals surface area (Å²) in [6.07, 6.45) is -5.48. The highest BCUT2D eigenvalue weighted by Gasteiger charge is 2.32. The minimum atomic E-state index is -4.79. The fourth-order valence-corrected chi connectivity index (χ4v) is 3.53. The van der Waals surface area contributed by atoms with E-state index in [0.29, 0.717) is 46.6 Å². The number of carbonyl (C=O) groups excluding carboxylic acids is 1. The predicted octanol–water partition coefficient (Wildman–Crippen LogP) is 3.40. The molecule has 0 bridgehead atoms. The van der Waals surface area contributed by atoms with E-state index in [2.05, 4.69) is 16.6 Å². The van der Waals surface area contributed by atoms with Gasteiger partial charge in [0.05, 0.1) is 12.7 Å². The standard InChI is InChI=1S/C22H22F3NO5/c1-3-18(28)26-11-14-10-17(13-4-6-15(7-5-13)31-22(23,24)25)21-16(8-9-30-21)19(14)20(29)12(2)27/h3-7,10,12,20,27,29H,1,8-9,11H2,2H3,(H,26,28)/t12-,20+/m1/s1. The number of nitrogens with one attached hydrogen (secondary N) is 1. The molecule has 0 saturated heterocycles. The highest BCUT2D eigenvalue weighted by atomic mass is 19.4. The molecule has 1 aliphatic rings. The summed E-state index contributed by atoms with van der Waals surface area (Å²) in [5.74, 6) is -0.282. The Morgan fingerprint density at radius 2 is 2.00 bits per heavy atom. The van der Waals surface area contributed by atoms with Crippen LogP contribution in [-0.2, 0) is 17.8 Å². The van der Waals surface area contributed by atoms with Crippen LogP contribution in [0.15, 0.2) is 43.0 Å². The molecular weight excluding hydrogens is 415 g/mol. The van der Waals surface area contributed by atoms with Crippen LogP contribution in [0.4, 0.5) is 13.2 Å². The Hall–Kier alpha value is -3.04. The first-order chi connectivity index (χ1) is 14.6. The van der Waals surface area contributed by atoms with Crippen molar-refractivity contribution in [2.24, 2.45) is 0 Å². The quantitative estimate of drug-likeness (QED) is 0.578. The van der Waals surface area contributed by atoms with Crippen LogP contribution >= 0.6 is 0 Å². The van der Waals surface area contributed by atoms with Gasteiger partial charge < -0.3 is 25.0 Å². The van der Waals surface area contributed by atoms with Crippen molar-refractivity contribution in [3.8, 4) is 22.6 Å². The fraction of sp³-hybridized carbons (Fsp3) is 0.318. The van der Waals surface area contributed by atoms with Crippen LogP contribution < -0.4 is 14.8 Å². The number of ether oxygens (including phenoxy) is 2. The van der Waals surface area contributed by atoms with Gasteiger partial charge >= 0.3 is 6.36 Å². The fourth-order valence-electron chi connectivity index (χ4n) is 3.53. The number of hydrogen-bond donors (Lipinski definition) is 3. The average Bonchev–Trinajstić information content (AvgIpc) is 3.19. The summed E-state index contributed by atoms with van der Waals surface area (Å²) in [5, 5.41) is 23.2. The average molecular weight is 437 g/mol. The molecule has 0 aliphatic carbocycles. The van der Waals surface area contributed by atoms with Crippen LogP contribution in [-0.4, -0.2) is 35.2 Å². The maximum absolute atomic E-state index is 12.4. The van der Waals surface area contributed by atoms with Crippen molar-refractivity contribution in [2.45, 2.75) is 38.5 Å². The first-order valence-corrected chi connectivity index (χ1v) is 9.54. The zero-order valence-corrected chi connectivity index (χ0v) is 16.7. The molecule has 0 spiro atoms. The summed E-state index contributed by atoms with van der Waals surface area (Å²) in [5.41, 5.74) is 2.87. The Balaban J connectivity index is 2.08. The first-order valence-electron chi connectivity index (χ1n) is 9.54. The van der Waals surface area contributed by atoms with Crippen LogP contribution in [0.2, 0.25) is 0 Å². The third-order valence-corrected chi connectivity index (χ3v) is 4.90. The highest BCUT2D eigenvalue weighted by Crippen LogP contribution is 2.43. The number of rotatable bonds is 7. The zero-order chi connectivity index (χ0) is 22.8. The van der Waals surface area contributed by atoms with E-state index in [-0.39, 0.29) is 12.3 Å². The van der Waals surface area contributed by atoms with Crippen molar-refractivity contribution in [3.63, 3.8) is 0 Å². The van der Waals surface area contributed by atoms with Crippen molar-refractivity contribution in [3.05, 3.63) is 59.7 Å². The molecule has 0 aromatic heterocycles. The number of benzene rings is 2. The molecule has 9 heteroatoms. The van der Waals surface area contributed by atoms with Crippen LogP contribution in [0, 0.1) is 0 Å². The van der Waals surface area contributed by atoms with Gasteiger partial charge in [-0.05, 0) is 47.9 Å². The lowest BCUT2D eigenvalue weighted by Gasteiger charge is -2.23. The number of alkyl halides is 3. The molecule has 31 heavy (non-hydrogen) atoms. The molecule has 1 aliphatic heterocycles. The lowest BCUT2D eigenvalue weighted by Crippen LogP contribution is -2.24. The molecule has 3 rings (SSSR count). The summed E-state index contributed by atoms with van der Waals surface area (Å²) < 4.78 is 47.0. The van der Waals surface area contributed by atoms with Crippen LogP contribution in [0.3, 0.4) is 0 Å². The summed E-state index contributed by atoms with van der Waals surface area (Å²) in [4.78, 5) is 11.7. The SMILES string of the molecule is C=CC(=O)NCc1cc(-c2ccc(OC(F)(F)F)cc2)c2c(c1[C@@H](O)[C@@H](C)O)CCO2. The summed E-state index contributed by atoms with van der Waals surface area (Å²) in [6, 6.07) is 7.02. The normalized spacial score (nSPS) is 14.9. The van der Waals surface area contributed by atoms with E-state index < -0.39 is 24.5 Å². The number of hydrogen-bond acceptors (Lipinski definition) is 5. The lowest BCUT2D eigenvalue weighted by molar-refractivity contribution is -0.274. The van der Waals surface area contributed by atoms with Gasteiger partial charge in [0.1, 0.15) is 17.6 Å². The number of halogens is 3. The number of fused-ring (bicyclic) bond motifs is 1. The second kappa shape index (κ2) is 8.99. The highest BCUT2D eigenvalue weighted by molar-refractivity contribution is 5.87. The summed E-state index contributed by atoms with van der Waals surface area (Å²) in [7, 11) is 0. The number of aliphatic hydroxyl groups excluding tert-OH is 2. The Morgan fingerprint density at radius 3 is 2.58 bits per heavy atom. The molecule has 166 valence electrons. The van der Waals surface area contributed by atoms with E-state index in [1.54, 1.807) is 6.07 Å². The van der Waals surface area contributed by atoms with Gasteiger partial charge in [-0.2, -0.15) is 0 Å². The molecular formula is C22H22F3NO5. The van der Waals surface area contributed by atoms with Crippen molar-refractivity contribution >= 4 is 5.91 Å². The maximum Gasteiger partial charge on any atom is 0.573 e. The predicted molar refractivity (Wildman–Crippen MR) is 106 cm³/mol. The molecule has 6 nitrogen and oxygen atoms in total. The van der Waals surface area contributed by atoms with Crippen LogP contribution in [0.1, 0.15) is 29.7 Å². The van der Waals surface area contributed by atoms with Gasteiger partial charge in [-0.15, -0.1) is 13.2 Å². The van der Waals surface area contributed by atoms with Crippen LogP contribution in [0.25, 0.3) is 11.1 Å². The monoisotopic (exact) mass is 437 g/mol. The second-order valence-electron chi connectivity index (χ2n) is 7.08. The molecule has 1 heterocycles. The van der Waals surface area contributed by atoms with Crippen molar-refractivity contribution in [1.82, 2.24) is 5.32 Å². The Kier molecular flexibility index (Phi) is 6.56. The number of amides is 1. The van der Waals surface area contributed by atoms with Crippen LogP contribution in [0.5, 0.6) is 11.5 Å². The largest absolute Gasteiger partial charge is 0.573 e. The van der Waals surface area contributed by atoms with E-state index in [0.717, 1.165) is 6.08 Å². The summed E-state index contributed by atoms with van der Waals surface area (Å²) in [6.45, 7) is 5.25. The molecule has 3 N–H and O–H groups in total. The molecule has 2 atom stereocenters. The summed E-state index contributed by atoms with van der Waals surface area (Å²) >= 11 is 0. The van der Waals surface area contributed by atoms with E-state index in [1.165, 1.54) is 31.2 Å². The Labute approximate surface area is 176 Å². The number of carbonyl (C=O) groups is 1. The molecule has 0 saturated carbocycles. The van der Waals surface area contributed by atoms with Gasteiger partial charge in [-0.25, -0.2) is 0 Å². The molecule has 2 aromatic rings. The third-order valence-electron chi connectivity index (χ3n) is 4.90. The van der Waals surface area contributed by atoms with Crippen molar-refractivity contribution < 1.29 is 37.7 Å². The zero-order valence-electron chi connectivity index (χ0n) is 16.7. The second-order valence-corrected chi connectivity index (χ2v) is 7.08. The molecule has 0 unspecified atom stereocenters. The number of aliphatic hydroxyl groups is 2. The van der Waals surface area contributed by atoms with Gasteiger partial charge in [-0.3, -0.25) is 4.79 Å². The molecule has 2 aromatic carbocycles. The lowest BCUT2D eigenvalue weighted by atomic mass is 9.88. The first kappa shape index (κ1) is 22.6. The Morgan fingerprint density at radius 1 is 1.32 bits per heavy atom. The minimum Gasteiger partial charge on any atom is -0.492 e. The van der Waals surface area contributed by atoms with Gasteiger partial charge in [0.2, 0.25) is 5.91 Å². The van der Waals surface area contributed by atoms with Gasteiger partial charge in [0.15, 0.2) is 0 Å². The van der Waals surface area contributed by atoms with E-state index in [9.17, 15) is 28.2 Å². The Bertz CT molecular complexity index is 971. The van der Waals surface area contributed by atoms with E-state index in [4.69, 9.17) is 4.74 Å². The molecule has 0 radical (unpaired) electrons. The molecule has 0 fully saturated rings. The topological polar surface area (TPSA) is 88.0 Å². The van der Waals surface area contributed by atoms with Crippen molar-refractivity contribution in [2.75, 3.05) is 6.61 Å². The van der Waals surface area contributed by atoms with Crippen molar-refractivity contribution in [1.29, 1.82) is 0 Å². The van der Waals surface area contributed by atoms with Gasteiger partial charge in [-0.1, -0.05) is 18.7 Å². The maximum atomic E-state index is 12.4. The van der Waals surface area contributed by atoms with Gasteiger partial charge in [0, 0.05) is 24.1 Å². The molecule has 1 amide bonds.